The minimum atomic E-state index is 0.0614. The third-order valence-corrected chi connectivity index (χ3v) is 4.80. The van der Waals surface area contributed by atoms with Crippen LogP contribution in [0.15, 0.2) is 29.6 Å². The summed E-state index contributed by atoms with van der Waals surface area (Å²) in [4.78, 5) is 12.1. The van der Waals surface area contributed by atoms with E-state index in [4.69, 9.17) is 0 Å². The molecule has 19 heavy (non-hydrogen) atoms. The van der Waals surface area contributed by atoms with Gasteiger partial charge in [0.1, 0.15) is 0 Å². The van der Waals surface area contributed by atoms with Crippen molar-refractivity contribution in [2.24, 2.45) is 0 Å². The fourth-order valence-electron chi connectivity index (χ4n) is 2.02. The van der Waals surface area contributed by atoms with Gasteiger partial charge in [0.15, 0.2) is 0 Å². The van der Waals surface area contributed by atoms with Gasteiger partial charge in [-0.25, -0.2) is 0 Å². The highest BCUT2D eigenvalue weighted by molar-refractivity contribution is 14.1. The van der Waals surface area contributed by atoms with Gasteiger partial charge >= 0.3 is 0 Å². The number of alkyl halides is 1. The first-order chi connectivity index (χ1) is 9.33. The minimum Gasteiger partial charge on any atom is -0.352 e. The molecule has 0 saturated carbocycles. The van der Waals surface area contributed by atoms with E-state index >= 15 is 0 Å². The number of hydrogen-bond acceptors (Lipinski definition) is 2. The van der Waals surface area contributed by atoms with Crippen molar-refractivity contribution in [1.29, 1.82) is 0 Å². The van der Waals surface area contributed by atoms with E-state index in [0.717, 1.165) is 23.9 Å². The lowest BCUT2D eigenvalue weighted by Crippen LogP contribution is -2.24. The molecule has 0 saturated heterocycles. The molecule has 0 spiro atoms. The minimum absolute atomic E-state index is 0.0614. The summed E-state index contributed by atoms with van der Waals surface area (Å²) in [6.07, 6.45) is 4.82. The maximum atomic E-state index is 12.1. The van der Waals surface area contributed by atoms with E-state index in [0.29, 0.717) is 0 Å². The molecule has 1 aromatic heterocycles. The fraction of sp³-hybridized carbons (Fsp3) is 0.400. The predicted molar refractivity (Wildman–Crippen MR) is 91.5 cm³/mol. The molecule has 4 heteroatoms. The highest BCUT2D eigenvalue weighted by Gasteiger charge is 2.10. The van der Waals surface area contributed by atoms with E-state index in [-0.39, 0.29) is 5.91 Å². The van der Waals surface area contributed by atoms with Crippen LogP contribution in [0, 0.1) is 0 Å². The second-order valence-corrected chi connectivity index (χ2v) is 6.49. The molecular formula is C15H18INOS. The lowest BCUT2D eigenvalue weighted by Gasteiger charge is -2.04. The second-order valence-electron chi connectivity index (χ2n) is 4.50. The van der Waals surface area contributed by atoms with Crippen molar-refractivity contribution in [3.63, 3.8) is 0 Å². The summed E-state index contributed by atoms with van der Waals surface area (Å²) in [5.74, 6) is 0.0614. The van der Waals surface area contributed by atoms with Gasteiger partial charge in [0.25, 0.3) is 5.91 Å². The van der Waals surface area contributed by atoms with Gasteiger partial charge < -0.3 is 5.32 Å². The van der Waals surface area contributed by atoms with Crippen LogP contribution >= 0.6 is 33.9 Å². The number of carbonyl (C=O) groups excluding carboxylic acids is 1. The zero-order valence-corrected chi connectivity index (χ0v) is 13.8. The van der Waals surface area contributed by atoms with Crippen molar-refractivity contribution in [3.05, 3.63) is 35.2 Å². The van der Waals surface area contributed by atoms with Crippen molar-refractivity contribution in [3.8, 4) is 0 Å². The molecule has 1 heterocycles. The van der Waals surface area contributed by atoms with Gasteiger partial charge in [0.2, 0.25) is 0 Å². The molecule has 0 aliphatic carbocycles. The first-order valence-corrected chi connectivity index (χ1v) is 9.04. The van der Waals surface area contributed by atoms with Crippen molar-refractivity contribution in [2.45, 2.75) is 25.7 Å². The van der Waals surface area contributed by atoms with Gasteiger partial charge in [0.05, 0.1) is 5.56 Å². The molecule has 0 bridgehead atoms. The summed E-state index contributed by atoms with van der Waals surface area (Å²) in [5.41, 5.74) is 0.813. The summed E-state index contributed by atoms with van der Waals surface area (Å²) in [5, 5.41) is 6.04. The van der Waals surface area contributed by atoms with E-state index in [1.165, 1.54) is 28.4 Å². The summed E-state index contributed by atoms with van der Waals surface area (Å²) in [7, 11) is 0. The number of hydrogen-bond donors (Lipinski definition) is 1. The smallest absolute Gasteiger partial charge is 0.252 e. The zero-order valence-electron chi connectivity index (χ0n) is 10.8. The van der Waals surface area contributed by atoms with E-state index < -0.39 is 0 Å². The summed E-state index contributed by atoms with van der Waals surface area (Å²) < 4.78 is 2.40. The van der Waals surface area contributed by atoms with E-state index in [1.807, 2.05) is 23.6 Å². The average Bonchev–Trinajstić information content (AvgIpc) is 2.86. The summed E-state index contributed by atoms with van der Waals surface area (Å²) in [6, 6.07) is 8.06. The number of halogens is 1. The van der Waals surface area contributed by atoms with Crippen LogP contribution in [0.2, 0.25) is 0 Å². The Bertz CT molecular complexity index is 538. The Hall–Kier alpha value is -0.620. The molecule has 1 aromatic carbocycles. The number of nitrogens with one attached hydrogen (secondary N) is 1. The number of fused-ring (bicyclic) bond motifs is 1. The largest absolute Gasteiger partial charge is 0.352 e. The molecule has 2 rings (SSSR count). The predicted octanol–water partition coefficient (Wildman–Crippen LogP) is 4.63. The quantitative estimate of drug-likeness (QED) is 0.419. The van der Waals surface area contributed by atoms with Gasteiger partial charge in [-0.15, -0.1) is 11.3 Å². The van der Waals surface area contributed by atoms with Gasteiger partial charge in [0, 0.05) is 22.0 Å². The third kappa shape index (κ3) is 4.18. The van der Waals surface area contributed by atoms with Crippen LogP contribution in [-0.2, 0) is 0 Å². The molecule has 0 aliphatic heterocycles. The Morgan fingerprint density at radius 2 is 1.95 bits per heavy atom. The third-order valence-electron chi connectivity index (χ3n) is 3.07. The molecule has 0 radical (unpaired) electrons. The second kappa shape index (κ2) is 7.85. The highest BCUT2D eigenvalue weighted by atomic mass is 127. The van der Waals surface area contributed by atoms with Crippen LogP contribution in [0.4, 0.5) is 0 Å². The Kier molecular flexibility index (Phi) is 6.10. The van der Waals surface area contributed by atoms with Gasteiger partial charge in [-0.1, -0.05) is 53.6 Å². The van der Waals surface area contributed by atoms with Gasteiger partial charge in [-0.05, 0) is 23.3 Å². The lowest BCUT2D eigenvalue weighted by atomic mass is 10.1. The van der Waals surface area contributed by atoms with Crippen LogP contribution in [-0.4, -0.2) is 16.9 Å². The van der Waals surface area contributed by atoms with E-state index in [2.05, 4.69) is 34.0 Å². The SMILES string of the molecule is O=C(NCCCCCCI)c1csc2ccccc12. The van der Waals surface area contributed by atoms with E-state index in [9.17, 15) is 4.79 Å². The number of carbonyl (C=O) groups is 1. The first kappa shape index (κ1) is 14.8. The van der Waals surface area contributed by atoms with Crippen LogP contribution in [0.25, 0.3) is 10.1 Å². The molecule has 0 atom stereocenters. The topological polar surface area (TPSA) is 29.1 Å². The molecule has 102 valence electrons. The standard InChI is InChI=1S/C15H18INOS/c16-9-5-1-2-6-10-17-15(18)13-11-19-14-8-4-3-7-12(13)14/h3-4,7-8,11H,1-2,5-6,9-10H2,(H,17,18). The molecule has 0 fully saturated rings. The normalized spacial score (nSPS) is 10.8. The molecular weight excluding hydrogens is 369 g/mol. The summed E-state index contributed by atoms with van der Waals surface area (Å²) >= 11 is 4.04. The molecule has 1 amide bonds. The maximum absolute atomic E-state index is 12.1. The van der Waals surface area contributed by atoms with Crippen LogP contribution < -0.4 is 5.32 Å². The van der Waals surface area contributed by atoms with Crippen LogP contribution in [0.1, 0.15) is 36.0 Å². The maximum Gasteiger partial charge on any atom is 0.252 e. The molecule has 1 N–H and O–H groups in total. The molecule has 0 aliphatic rings. The van der Waals surface area contributed by atoms with Crippen LogP contribution in [0.5, 0.6) is 0 Å². The van der Waals surface area contributed by atoms with Crippen molar-refractivity contribution in [2.75, 3.05) is 11.0 Å². The van der Waals surface area contributed by atoms with Crippen LogP contribution in [0.3, 0.4) is 0 Å². The molecule has 2 nitrogen and oxygen atoms in total. The van der Waals surface area contributed by atoms with Crippen molar-refractivity contribution < 1.29 is 4.79 Å². The Morgan fingerprint density at radius 3 is 2.79 bits per heavy atom. The number of benzene rings is 1. The Morgan fingerprint density at radius 1 is 1.16 bits per heavy atom. The fourth-order valence-corrected chi connectivity index (χ4v) is 3.50. The lowest BCUT2D eigenvalue weighted by molar-refractivity contribution is 0.0955. The first-order valence-electron chi connectivity index (χ1n) is 6.63. The average molecular weight is 387 g/mol. The number of thiophene rings is 1. The van der Waals surface area contributed by atoms with Gasteiger partial charge in [-0.3, -0.25) is 4.79 Å². The Labute approximate surface area is 131 Å². The van der Waals surface area contributed by atoms with Crippen molar-refractivity contribution in [1.82, 2.24) is 5.32 Å². The van der Waals surface area contributed by atoms with Crippen molar-refractivity contribution >= 4 is 49.9 Å². The van der Waals surface area contributed by atoms with E-state index in [1.54, 1.807) is 11.3 Å². The molecule has 0 unspecified atom stereocenters. The van der Waals surface area contributed by atoms with Gasteiger partial charge in [-0.2, -0.15) is 0 Å². The number of amides is 1. The summed E-state index contributed by atoms with van der Waals surface area (Å²) in [6.45, 7) is 0.782. The molecule has 2 aromatic rings. The number of unbranched alkanes of at least 4 members (excludes halogenated alkanes) is 3. The number of rotatable bonds is 7. The monoisotopic (exact) mass is 387 g/mol. The zero-order chi connectivity index (χ0) is 13.5. The Balaban J connectivity index is 1.83. The highest BCUT2D eigenvalue weighted by Crippen LogP contribution is 2.25.